The molecular weight excluding hydrogens is 430 g/mol. The fourth-order valence-corrected chi connectivity index (χ4v) is 5.99. The minimum atomic E-state index is -3.64. The number of sulfonamides is 1. The van der Waals surface area contributed by atoms with Crippen LogP contribution in [-0.2, 0) is 28.4 Å². The summed E-state index contributed by atoms with van der Waals surface area (Å²) in [7, 11) is -1.71. The number of nitrogens with zero attached hydrogens (tertiary/aromatic N) is 2. The number of amides is 1. The van der Waals surface area contributed by atoms with Crippen LogP contribution in [0.15, 0.2) is 64.5 Å². The molecule has 0 aliphatic carbocycles. The zero-order chi connectivity index (χ0) is 22.0. The number of fused-ring (bicyclic) bond motifs is 1. The van der Waals surface area contributed by atoms with Crippen molar-refractivity contribution in [3.63, 3.8) is 0 Å². The van der Waals surface area contributed by atoms with Crippen molar-refractivity contribution in [1.82, 2.24) is 14.2 Å². The third-order valence-electron chi connectivity index (χ3n) is 5.88. The van der Waals surface area contributed by atoms with Gasteiger partial charge in [-0.25, -0.2) is 8.42 Å². The molecule has 1 atom stereocenters. The van der Waals surface area contributed by atoms with Gasteiger partial charge >= 0.3 is 0 Å². The lowest BCUT2D eigenvalue weighted by Crippen LogP contribution is -2.45. The predicted octanol–water partition coefficient (Wildman–Crippen LogP) is 3.62. The molecule has 1 aliphatic rings. The van der Waals surface area contributed by atoms with Gasteiger partial charge in [0.2, 0.25) is 15.9 Å². The molecule has 31 heavy (non-hydrogen) atoms. The molecule has 2 heterocycles. The van der Waals surface area contributed by atoms with Crippen LogP contribution < -0.4 is 5.32 Å². The summed E-state index contributed by atoms with van der Waals surface area (Å²) in [5.41, 5.74) is 2.02. The number of hydrogen-bond donors (Lipinski definition) is 1. The average Bonchev–Trinajstić information content (AvgIpc) is 3.18. The Morgan fingerprint density at radius 2 is 1.94 bits per heavy atom. The van der Waals surface area contributed by atoms with Crippen LogP contribution in [0.4, 0.5) is 0 Å². The smallest absolute Gasteiger partial charge is 0.243 e. The van der Waals surface area contributed by atoms with E-state index in [9.17, 15) is 13.2 Å². The minimum Gasteiger partial charge on any atom is -0.352 e. The summed E-state index contributed by atoms with van der Waals surface area (Å²) in [5, 5.41) is 3.87. The topological polar surface area (TPSA) is 71.4 Å². The highest BCUT2D eigenvalue weighted by Crippen LogP contribution is 2.26. The van der Waals surface area contributed by atoms with E-state index in [4.69, 9.17) is 0 Å². The highest BCUT2D eigenvalue weighted by molar-refractivity contribution is 7.98. The van der Waals surface area contributed by atoms with Gasteiger partial charge in [-0.05, 0) is 61.1 Å². The Bertz CT molecular complexity index is 1190. The van der Waals surface area contributed by atoms with E-state index in [2.05, 4.69) is 5.32 Å². The first-order valence-electron chi connectivity index (χ1n) is 10.3. The fraction of sp³-hybridized carbons (Fsp3) is 0.348. The molecule has 8 heteroatoms. The van der Waals surface area contributed by atoms with Crippen molar-refractivity contribution in [3.05, 3.63) is 60.3 Å². The first-order chi connectivity index (χ1) is 14.9. The molecule has 1 aromatic heterocycles. The Morgan fingerprint density at radius 1 is 1.16 bits per heavy atom. The van der Waals surface area contributed by atoms with E-state index in [1.807, 2.05) is 60.5 Å². The van der Waals surface area contributed by atoms with Gasteiger partial charge < -0.3 is 9.88 Å². The summed E-state index contributed by atoms with van der Waals surface area (Å²) < 4.78 is 29.9. The molecule has 1 saturated heterocycles. The number of nitrogens with one attached hydrogen (secondary N) is 1. The zero-order valence-corrected chi connectivity index (χ0v) is 19.4. The molecule has 0 radical (unpaired) electrons. The quantitative estimate of drug-likeness (QED) is 0.574. The van der Waals surface area contributed by atoms with Crippen LogP contribution in [0.3, 0.4) is 0 Å². The molecule has 1 fully saturated rings. The molecule has 0 saturated carbocycles. The molecule has 164 valence electrons. The molecule has 0 spiro atoms. The molecule has 3 aromatic rings. The van der Waals surface area contributed by atoms with Crippen molar-refractivity contribution >= 4 is 38.6 Å². The van der Waals surface area contributed by atoms with E-state index >= 15 is 0 Å². The number of piperidine rings is 1. The van der Waals surface area contributed by atoms with Crippen molar-refractivity contribution in [2.75, 3.05) is 19.3 Å². The molecule has 6 nitrogen and oxygen atoms in total. The standard InChI is InChI=1S/C23H27N3O3S2/c1-25-13-11-18-14-21(9-10-22(18)25)31(28,29)26-12-3-4-19(16-26)23(27)24-15-17-5-7-20(30-2)8-6-17/h5-11,13-14,19H,3-4,12,15-16H2,1-2H3,(H,24,27)/t19-/m1/s1. The van der Waals surface area contributed by atoms with Crippen LogP contribution in [0.5, 0.6) is 0 Å². The molecule has 0 bridgehead atoms. The molecule has 0 unspecified atom stereocenters. The molecule has 1 amide bonds. The Labute approximate surface area is 187 Å². The van der Waals surface area contributed by atoms with Gasteiger partial charge in [-0.2, -0.15) is 4.31 Å². The van der Waals surface area contributed by atoms with Gasteiger partial charge in [-0.1, -0.05) is 12.1 Å². The minimum absolute atomic E-state index is 0.0904. The number of benzene rings is 2. The molecule has 2 aromatic carbocycles. The van der Waals surface area contributed by atoms with Gasteiger partial charge in [0.15, 0.2) is 0 Å². The Morgan fingerprint density at radius 3 is 2.68 bits per heavy atom. The normalized spacial score (nSPS) is 17.7. The third-order valence-corrected chi connectivity index (χ3v) is 8.48. The van der Waals surface area contributed by atoms with Crippen LogP contribution in [0.1, 0.15) is 18.4 Å². The maximum atomic E-state index is 13.2. The third kappa shape index (κ3) is 4.66. The van der Waals surface area contributed by atoms with Gasteiger partial charge in [0.25, 0.3) is 0 Å². The monoisotopic (exact) mass is 457 g/mol. The van der Waals surface area contributed by atoms with E-state index in [0.717, 1.165) is 16.5 Å². The molecular formula is C23H27N3O3S2. The summed E-state index contributed by atoms with van der Waals surface area (Å²) >= 11 is 1.68. The van der Waals surface area contributed by atoms with Gasteiger partial charge in [0, 0.05) is 48.7 Å². The van der Waals surface area contributed by atoms with Crippen LogP contribution in [0.25, 0.3) is 10.9 Å². The van der Waals surface area contributed by atoms with Crippen molar-refractivity contribution in [3.8, 4) is 0 Å². The van der Waals surface area contributed by atoms with Crippen LogP contribution in [0.2, 0.25) is 0 Å². The molecule has 4 rings (SSSR count). The number of rotatable bonds is 6. The van der Waals surface area contributed by atoms with Crippen molar-refractivity contribution in [2.45, 2.75) is 29.2 Å². The second-order valence-corrected chi connectivity index (χ2v) is 10.7. The second kappa shape index (κ2) is 9.06. The summed E-state index contributed by atoms with van der Waals surface area (Å²) in [6, 6.07) is 15.2. The number of thioether (sulfide) groups is 1. The lowest BCUT2D eigenvalue weighted by atomic mass is 9.99. The highest BCUT2D eigenvalue weighted by Gasteiger charge is 2.33. The maximum Gasteiger partial charge on any atom is 0.243 e. The van der Waals surface area contributed by atoms with E-state index in [0.29, 0.717) is 25.9 Å². The van der Waals surface area contributed by atoms with Crippen LogP contribution in [-0.4, -0.2) is 42.5 Å². The second-order valence-electron chi connectivity index (χ2n) is 7.92. The van der Waals surface area contributed by atoms with Crippen LogP contribution in [0, 0.1) is 5.92 Å². The first-order valence-corrected chi connectivity index (χ1v) is 13.0. The van der Waals surface area contributed by atoms with E-state index in [-0.39, 0.29) is 23.3 Å². The number of hydrogen-bond acceptors (Lipinski definition) is 4. The molecule has 1 N–H and O–H groups in total. The largest absolute Gasteiger partial charge is 0.352 e. The van der Waals surface area contributed by atoms with E-state index in [1.165, 1.54) is 9.20 Å². The van der Waals surface area contributed by atoms with Gasteiger partial charge in [-0.3, -0.25) is 4.79 Å². The highest BCUT2D eigenvalue weighted by atomic mass is 32.2. The van der Waals surface area contributed by atoms with Crippen LogP contribution >= 0.6 is 11.8 Å². The number of aromatic nitrogens is 1. The van der Waals surface area contributed by atoms with E-state index < -0.39 is 10.0 Å². The Hall–Kier alpha value is -2.29. The summed E-state index contributed by atoms with van der Waals surface area (Å²) in [5.74, 6) is -0.429. The van der Waals surface area contributed by atoms with Crippen molar-refractivity contribution < 1.29 is 13.2 Å². The SMILES string of the molecule is CSc1ccc(CNC(=O)[C@@H]2CCCN(S(=O)(=O)c3ccc4c(ccn4C)c3)C2)cc1. The number of carbonyl (C=O) groups is 1. The summed E-state index contributed by atoms with van der Waals surface area (Å²) in [4.78, 5) is 14.2. The Kier molecular flexibility index (Phi) is 6.41. The Balaban J connectivity index is 1.43. The summed E-state index contributed by atoms with van der Waals surface area (Å²) in [6.07, 6.45) is 5.31. The predicted molar refractivity (Wildman–Crippen MR) is 124 cm³/mol. The number of carbonyl (C=O) groups excluding carboxylic acids is 1. The average molecular weight is 458 g/mol. The van der Waals surface area contributed by atoms with Crippen molar-refractivity contribution in [1.29, 1.82) is 0 Å². The maximum absolute atomic E-state index is 13.2. The van der Waals surface area contributed by atoms with Gasteiger partial charge in [0.1, 0.15) is 0 Å². The molecule has 1 aliphatic heterocycles. The zero-order valence-electron chi connectivity index (χ0n) is 17.7. The summed E-state index contributed by atoms with van der Waals surface area (Å²) in [6.45, 7) is 1.10. The van der Waals surface area contributed by atoms with Gasteiger partial charge in [-0.15, -0.1) is 11.8 Å². The van der Waals surface area contributed by atoms with Crippen molar-refractivity contribution in [2.24, 2.45) is 13.0 Å². The lowest BCUT2D eigenvalue weighted by molar-refractivity contribution is -0.126. The van der Waals surface area contributed by atoms with E-state index in [1.54, 1.807) is 23.9 Å². The fourth-order valence-electron chi connectivity index (χ4n) is 4.02. The number of aryl methyl sites for hydroxylation is 1. The van der Waals surface area contributed by atoms with Gasteiger partial charge in [0.05, 0.1) is 10.8 Å². The first kappa shape index (κ1) is 21.9. The lowest BCUT2D eigenvalue weighted by Gasteiger charge is -2.31.